The molecule has 1 fully saturated rings. The van der Waals surface area contributed by atoms with Crippen LogP contribution < -0.4 is 5.73 Å². The Morgan fingerprint density at radius 2 is 2.35 bits per heavy atom. The summed E-state index contributed by atoms with van der Waals surface area (Å²) in [7, 11) is 0. The fourth-order valence-electron chi connectivity index (χ4n) is 2.68. The van der Waals surface area contributed by atoms with Gasteiger partial charge in [-0.15, -0.1) is 17.5 Å². The summed E-state index contributed by atoms with van der Waals surface area (Å²) in [5, 5.41) is 7.79. The maximum atomic E-state index is 12.2. The fourth-order valence-corrected chi connectivity index (χ4v) is 2.68. The molecule has 0 radical (unpaired) electrons. The third kappa shape index (κ3) is 4.45. The van der Waals surface area contributed by atoms with Crippen LogP contribution in [0.1, 0.15) is 32.6 Å². The SMILES string of the molecule is CCCC(N)C(=O)N1CCCC(Cn2ccnn2)C1.Cl. The topological polar surface area (TPSA) is 77.0 Å². The van der Waals surface area contributed by atoms with E-state index in [1.807, 2.05) is 15.8 Å². The predicted octanol–water partition coefficient (Wildman–Crippen LogP) is 1.07. The number of nitrogens with zero attached hydrogens (tertiary/aromatic N) is 4. The average molecular weight is 302 g/mol. The Kier molecular flexibility index (Phi) is 6.95. The quantitative estimate of drug-likeness (QED) is 0.882. The third-order valence-electron chi connectivity index (χ3n) is 3.66. The average Bonchev–Trinajstić information content (AvgIpc) is 2.91. The van der Waals surface area contributed by atoms with Gasteiger partial charge in [0.25, 0.3) is 0 Å². The first-order valence-electron chi connectivity index (χ1n) is 7.09. The van der Waals surface area contributed by atoms with Crippen LogP contribution in [0.4, 0.5) is 0 Å². The Morgan fingerprint density at radius 3 is 3.00 bits per heavy atom. The molecule has 20 heavy (non-hydrogen) atoms. The van der Waals surface area contributed by atoms with Crippen LogP contribution in [0.25, 0.3) is 0 Å². The molecule has 2 N–H and O–H groups in total. The maximum Gasteiger partial charge on any atom is 0.239 e. The standard InChI is InChI=1S/C13H23N5O.ClH/c1-2-4-12(14)13(19)17-7-3-5-11(9-17)10-18-8-6-15-16-18;/h6,8,11-12H,2-5,7,9-10,14H2,1H3;1H. The van der Waals surface area contributed by atoms with Gasteiger partial charge in [-0.2, -0.15) is 0 Å². The first-order chi connectivity index (χ1) is 9.20. The maximum absolute atomic E-state index is 12.2. The van der Waals surface area contributed by atoms with Crippen LogP contribution in [-0.2, 0) is 11.3 Å². The molecule has 2 rings (SSSR count). The van der Waals surface area contributed by atoms with Gasteiger partial charge in [0.2, 0.25) is 5.91 Å². The molecule has 1 aromatic rings. The second-order valence-electron chi connectivity index (χ2n) is 5.31. The van der Waals surface area contributed by atoms with E-state index in [0.717, 1.165) is 45.3 Å². The summed E-state index contributed by atoms with van der Waals surface area (Å²) >= 11 is 0. The molecule has 1 saturated heterocycles. The van der Waals surface area contributed by atoms with Crippen molar-refractivity contribution in [3.05, 3.63) is 12.4 Å². The number of amides is 1. The Morgan fingerprint density at radius 1 is 1.55 bits per heavy atom. The van der Waals surface area contributed by atoms with Crippen LogP contribution in [-0.4, -0.2) is 44.9 Å². The molecule has 0 aliphatic carbocycles. The molecule has 0 spiro atoms. The second-order valence-corrected chi connectivity index (χ2v) is 5.31. The normalized spacial score (nSPS) is 20.3. The smallest absolute Gasteiger partial charge is 0.239 e. The van der Waals surface area contributed by atoms with E-state index in [-0.39, 0.29) is 24.4 Å². The van der Waals surface area contributed by atoms with Crippen LogP contribution in [0.3, 0.4) is 0 Å². The lowest BCUT2D eigenvalue weighted by Gasteiger charge is -2.34. The molecule has 0 saturated carbocycles. The zero-order chi connectivity index (χ0) is 13.7. The van der Waals surface area contributed by atoms with Crippen molar-refractivity contribution in [2.75, 3.05) is 13.1 Å². The molecule has 1 aliphatic heterocycles. The van der Waals surface area contributed by atoms with E-state index in [4.69, 9.17) is 5.73 Å². The third-order valence-corrected chi connectivity index (χ3v) is 3.66. The number of carbonyl (C=O) groups is 1. The molecular formula is C13H24ClN5O. The van der Waals surface area contributed by atoms with Crippen LogP contribution in [0.15, 0.2) is 12.4 Å². The van der Waals surface area contributed by atoms with Crippen LogP contribution >= 0.6 is 12.4 Å². The summed E-state index contributed by atoms with van der Waals surface area (Å²) < 4.78 is 1.84. The van der Waals surface area contributed by atoms with E-state index in [2.05, 4.69) is 17.2 Å². The molecule has 2 atom stereocenters. The lowest BCUT2D eigenvalue weighted by Crippen LogP contribution is -2.48. The first kappa shape index (κ1) is 16.9. The summed E-state index contributed by atoms with van der Waals surface area (Å²) in [5.41, 5.74) is 5.92. The predicted molar refractivity (Wildman–Crippen MR) is 79.5 cm³/mol. The van der Waals surface area contributed by atoms with Gasteiger partial charge in [-0.05, 0) is 25.2 Å². The van der Waals surface area contributed by atoms with E-state index in [0.29, 0.717) is 5.92 Å². The molecule has 0 aromatic carbocycles. The molecule has 0 bridgehead atoms. The van der Waals surface area contributed by atoms with Crippen molar-refractivity contribution >= 4 is 18.3 Å². The molecule has 1 aliphatic rings. The van der Waals surface area contributed by atoms with Gasteiger partial charge in [-0.25, -0.2) is 0 Å². The van der Waals surface area contributed by atoms with Crippen molar-refractivity contribution in [1.29, 1.82) is 0 Å². The minimum Gasteiger partial charge on any atom is -0.341 e. The van der Waals surface area contributed by atoms with Gasteiger partial charge in [0.1, 0.15) is 0 Å². The van der Waals surface area contributed by atoms with E-state index >= 15 is 0 Å². The van der Waals surface area contributed by atoms with Gasteiger partial charge in [-0.3, -0.25) is 9.48 Å². The number of halogens is 1. The second kappa shape index (κ2) is 8.21. The van der Waals surface area contributed by atoms with Gasteiger partial charge >= 0.3 is 0 Å². The van der Waals surface area contributed by atoms with Crippen LogP contribution in [0.5, 0.6) is 0 Å². The molecule has 6 nitrogen and oxygen atoms in total. The minimum absolute atomic E-state index is 0. The molecule has 7 heteroatoms. The number of likely N-dealkylation sites (tertiary alicyclic amines) is 1. The molecule has 2 heterocycles. The van der Waals surface area contributed by atoms with Gasteiger partial charge in [-0.1, -0.05) is 18.6 Å². The highest BCUT2D eigenvalue weighted by Crippen LogP contribution is 2.19. The molecule has 114 valence electrons. The Bertz CT molecular complexity index is 397. The fraction of sp³-hybridized carbons (Fsp3) is 0.769. The van der Waals surface area contributed by atoms with Crippen molar-refractivity contribution < 1.29 is 4.79 Å². The summed E-state index contributed by atoms with van der Waals surface area (Å²) in [6.45, 7) is 4.50. The summed E-state index contributed by atoms with van der Waals surface area (Å²) in [6, 6.07) is -0.338. The number of hydrogen-bond acceptors (Lipinski definition) is 4. The zero-order valence-corrected chi connectivity index (χ0v) is 12.8. The monoisotopic (exact) mass is 301 g/mol. The summed E-state index contributed by atoms with van der Waals surface area (Å²) in [6.07, 6.45) is 7.44. The molecule has 1 aromatic heterocycles. The molecule has 2 unspecified atom stereocenters. The van der Waals surface area contributed by atoms with Gasteiger partial charge in [0, 0.05) is 25.8 Å². The summed E-state index contributed by atoms with van der Waals surface area (Å²) in [5.74, 6) is 0.554. The lowest BCUT2D eigenvalue weighted by atomic mass is 9.97. The minimum atomic E-state index is -0.338. The highest BCUT2D eigenvalue weighted by atomic mass is 35.5. The molecular weight excluding hydrogens is 278 g/mol. The largest absolute Gasteiger partial charge is 0.341 e. The number of rotatable bonds is 5. The van der Waals surface area contributed by atoms with E-state index in [1.165, 1.54) is 0 Å². The number of nitrogens with two attached hydrogens (primary N) is 1. The zero-order valence-electron chi connectivity index (χ0n) is 11.9. The summed E-state index contributed by atoms with van der Waals surface area (Å²) in [4.78, 5) is 14.1. The van der Waals surface area contributed by atoms with Crippen LogP contribution in [0, 0.1) is 5.92 Å². The van der Waals surface area contributed by atoms with E-state index in [9.17, 15) is 4.79 Å². The number of carbonyl (C=O) groups excluding carboxylic acids is 1. The highest BCUT2D eigenvalue weighted by Gasteiger charge is 2.26. The van der Waals surface area contributed by atoms with Crippen molar-refractivity contribution in [1.82, 2.24) is 19.9 Å². The highest BCUT2D eigenvalue weighted by molar-refractivity contribution is 5.85. The van der Waals surface area contributed by atoms with Crippen molar-refractivity contribution in [3.63, 3.8) is 0 Å². The Hall–Kier alpha value is -1.14. The van der Waals surface area contributed by atoms with Crippen molar-refractivity contribution in [2.45, 2.75) is 45.2 Å². The Balaban J connectivity index is 0.00000200. The van der Waals surface area contributed by atoms with Gasteiger partial charge in [0.05, 0.1) is 12.2 Å². The number of piperidine rings is 1. The van der Waals surface area contributed by atoms with Crippen LogP contribution in [0.2, 0.25) is 0 Å². The van der Waals surface area contributed by atoms with E-state index in [1.54, 1.807) is 6.20 Å². The van der Waals surface area contributed by atoms with Crippen molar-refractivity contribution in [3.8, 4) is 0 Å². The van der Waals surface area contributed by atoms with Crippen molar-refractivity contribution in [2.24, 2.45) is 11.7 Å². The molecule has 1 amide bonds. The van der Waals surface area contributed by atoms with E-state index < -0.39 is 0 Å². The van der Waals surface area contributed by atoms with Gasteiger partial charge < -0.3 is 10.6 Å². The number of hydrogen-bond donors (Lipinski definition) is 1. The first-order valence-corrected chi connectivity index (χ1v) is 7.09. The lowest BCUT2D eigenvalue weighted by molar-refractivity contribution is -0.134. The van der Waals surface area contributed by atoms with Gasteiger partial charge in [0.15, 0.2) is 0 Å². The number of aromatic nitrogens is 3. The Labute approximate surface area is 126 Å².